The zero-order valence-corrected chi connectivity index (χ0v) is 20.9. The Kier molecular flexibility index (Phi) is 6.03. The number of hydrogen-bond acceptors (Lipinski definition) is 4. The Hall–Kier alpha value is -2.08. The van der Waals surface area contributed by atoms with Crippen molar-refractivity contribution < 1.29 is 9.53 Å². The molecule has 0 radical (unpaired) electrons. The van der Waals surface area contributed by atoms with Gasteiger partial charge in [-0.1, -0.05) is 19.1 Å². The van der Waals surface area contributed by atoms with Crippen molar-refractivity contribution in [2.24, 2.45) is 5.92 Å². The highest BCUT2D eigenvalue weighted by atomic mass is 16.6. The van der Waals surface area contributed by atoms with Crippen molar-refractivity contribution in [1.82, 2.24) is 19.6 Å². The van der Waals surface area contributed by atoms with Gasteiger partial charge in [0, 0.05) is 30.2 Å². The second-order valence-corrected chi connectivity index (χ2v) is 11.6. The third-order valence-electron chi connectivity index (χ3n) is 7.32. The van der Waals surface area contributed by atoms with E-state index in [-0.39, 0.29) is 17.7 Å². The highest BCUT2D eigenvalue weighted by Crippen LogP contribution is 2.37. The van der Waals surface area contributed by atoms with Crippen molar-refractivity contribution in [3.63, 3.8) is 0 Å². The molecule has 1 unspecified atom stereocenters. The monoisotopic (exact) mass is 440 g/mol. The van der Waals surface area contributed by atoms with Crippen molar-refractivity contribution in [3.8, 4) is 0 Å². The van der Waals surface area contributed by atoms with Gasteiger partial charge < -0.3 is 14.5 Å². The summed E-state index contributed by atoms with van der Waals surface area (Å²) in [5.74, 6) is 0.481. The van der Waals surface area contributed by atoms with Crippen LogP contribution < -0.4 is 0 Å². The van der Waals surface area contributed by atoms with Gasteiger partial charge in [0.15, 0.2) is 0 Å². The topological polar surface area (TPSA) is 50.6 Å². The number of hydrogen-bond donors (Lipinski definition) is 0. The molecule has 2 saturated heterocycles. The molecule has 1 aromatic heterocycles. The van der Waals surface area contributed by atoms with Crippen LogP contribution in [0.15, 0.2) is 24.4 Å². The first-order valence-electron chi connectivity index (χ1n) is 12.1. The highest BCUT2D eigenvalue weighted by molar-refractivity contribution is 5.79. The van der Waals surface area contributed by atoms with Crippen LogP contribution in [0.3, 0.4) is 0 Å². The first kappa shape index (κ1) is 23.1. The van der Waals surface area contributed by atoms with Crippen LogP contribution in [-0.2, 0) is 4.74 Å². The van der Waals surface area contributed by atoms with E-state index in [1.165, 1.54) is 5.39 Å². The third-order valence-corrected chi connectivity index (χ3v) is 7.32. The van der Waals surface area contributed by atoms with Crippen LogP contribution in [0.2, 0.25) is 0 Å². The fourth-order valence-corrected chi connectivity index (χ4v) is 5.17. The second-order valence-electron chi connectivity index (χ2n) is 11.6. The molecule has 6 heteroatoms. The molecule has 2 aliphatic heterocycles. The Bertz CT molecular complexity index is 974. The number of rotatable bonds is 2. The van der Waals surface area contributed by atoms with Gasteiger partial charge in [0.1, 0.15) is 5.60 Å². The summed E-state index contributed by atoms with van der Waals surface area (Å²) in [6.07, 6.45) is 6.26. The summed E-state index contributed by atoms with van der Waals surface area (Å²) in [5, 5.41) is 6.16. The van der Waals surface area contributed by atoms with Gasteiger partial charge in [0.2, 0.25) is 0 Å². The van der Waals surface area contributed by atoms with Gasteiger partial charge in [-0.3, -0.25) is 4.68 Å². The Labute approximate surface area is 192 Å². The quantitative estimate of drug-likeness (QED) is 0.593. The van der Waals surface area contributed by atoms with Gasteiger partial charge in [-0.15, -0.1) is 0 Å². The molecule has 0 saturated carbocycles. The fraction of sp³-hybridized carbons (Fsp3) is 0.692. The minimum absolute atomic E-state index is 0.0397. The third kappa shape index (κ3) is 4.80. The van der Waals surface area contributed by atoms with E-state index in [9.17, 15) is 4.79 Å². The minimum Gasteiger partial charge on any atom is -0.444 e. The van der Waals surface area contributed by atoms with E-state index in [0.717, 1.165) is 49.9 Å². The van der Waals surface area contributed by atoms with Gasteiger partial charge in [-0.2, -0.15) is 5.10 Å². The van der Waals surface area contributed by atoms with Crippen molar-refractivity contribution in [2.75, 3.05) is 20.1 Å². The van der Waals surface area contributed by atoms with E-state index in [1.54, 1.807) is 0 Å². The Balaban J connectivity index is 1.59. The largest absolute Gasteiger partial charge is 0.444 e. The standard InChI is InChI=1S/C26H40N4O2/c1-18-8-11-23(29(16-18)24(31)32-25(2,3)4)19-9-10-20-17-30(27-22(20)14-19)21-12-13-28(7)26(5,6)15-21/h9-10,14,17-18,21,23H,8,11-13,15-16H2,1-7H3/t18-,21?,23+/m0/s1. The van der Waals surface area contributed by atoms with Crippen LogP contribution in [0.5, 0.6) is 0 Å². The molecule has 0 N–H and O–H groups in total. The van der Waals surface area contributed by atoms with Crippen LogP contribution in [0.1, 0.15) is 84.9 Å². The molecule has 176 valence electrons. The maximum atomic E-state index is 13.0. The normalized spacial score (nSPS) is 27.0. The first-order chi connectivity index (χ1) is 14.9. The van der Waals surface area contributed by atoms with Crippen molar-refractivity contribution in [3.05, 3.63) is 30.0 Å². The van der Waals surface area contributed by atoms with Crippen LogP contribution in [0.4, 0.5) is 4.79 Å². The molecule has 6 nitrogen and oxygen atoms in total. The number of piperidine rings is 2. The first-order valence-corrected chi connectivity index (χ1v) is 12.1. The van der Waals surface area contributed by atoms with E-state index >= 15 is 0 Å². The number of amides is 1. The molecule has 3 atom stereocenters. The second kappa shape index (κ2) is 8.36. The average molecular weight is 441 g/mol. The predicted molar refractivity (Wildman–Crippen MR) is 129 cm³/mol. The molecular formula is C26H40N4O2. The van der Waals surface area contributed by atoms with Gasteiger partial charge in [0.25, 0.3) is 0 Å². The van der Waals surface area contributed by atoms with Crippen LogP contribution in [0, 0.1) is 5.92 Å². The molecule has 0 spiro atoms. The molecule has 1 amide bonds. The van der Waals surface area contributed by atoms with Crippen molar-refractivity contribution in [2.45, 2.75) is 90.4 Å². The SMILES string of the molecule is C[C@H]1CC[C@H](c2ccc3cn(C4CCN(C)C(C)(C)C4)nc3c2)N(C(=O)OC(C)(C)C)C1. The summed E-state index contributed by atoms with van der Waals surface area (Å²) >= 11 is 0. The molecular weight excluding hydrogens is 400 g/mol. The van der Waals surface area contributed by atoms with E-state index in [0.29, 0.717) is 12.0 Å². The van der Waals surface area contributed by atoms with E-state index in [2.05, 4.69) is 61.8 Å². The number of benzene rings is 1. The Morgan fingerprint density at radius 2 is 1.94 bits per heavy atom. The Morgan fingerprint density at radius 3 is 2.62 bits per heavy atom. The number of aromatic nitrogens is 2. The summed E-state index contributed by atoms with van der Waals surface area (Å²) in [4.78, 5) is 17.4. The number of ether oxygens (including phenoxy) is 1. The van der Waals surface area contributed by atoms with Gasteiger partial charge in [0.05, 0.1) is 17.6 Å². The zero-order valence-electron chi connectivity index (χ0n) is 20.9. The number of fused-ring (bicyclic) bond motifs is 1. The molecule has 0 bridgehead atoms. The molecule has 4 rings (SSSR count). The maximum Gasteiger partial charge on any atom is 0.410 e. The molecule has 2 aliphatic rings. The lowest BCUT2D eigenvalue weighted by Gasteiger charge is -2.43. The smallest absolute Gasteiger partial charge is 0.410 e. The summed E-state index contributed by atoms with van der Waals surface area (Å²) in [6, 6.07) is 6.98. The number of carbonyl (C=O) groups excluding carboxylic acids is 1. The van der Waals surface area contributed by atoms with Gasteiger partial charge in [-0.05, 0) is 84.9 Å². The van der Waals surface area contributed by atoms with Crippen LogP contribution >= 0.6 is 0 Å². The summed E-state index contributed by atoms with van der Waals surface area (Å²) < 4.78 is 7.92. The summed E-state index contributed by atoms with van der Waals surface area (Å²) in [5.41, 5.74) is 1.86. The lowest BCUT2D eigenvalue weighted by Crippen LogP contribution is -2.47. The number of carbonyl (C=O) groups is 1. The maximum absolute atomic E-state index is 13.0. The molecule has 2 aromatic rings. The van der Waals surface area contributed by atoms with Crippen molar-refractivity contribution >= 4 is 17.0 Å². The predicted octanol–water partition coefficient (Wildman–Crippen LogP) is 5.79. The number of likely N-dealkylation sites (tertiary alicyclic amines) is 2. The van der Waals surface area contributed by atoms with Crippen molar-refractivity contribution in [1.29, 1.82) is 0 Å². The van der Waals surface area contributed by atoms with Crippen LogP contribution in [-0.4, -0.2) is 57.0 Å². The van der Waals surface area contributed by atoms with E-state index in [4.69, 9.17) is 9.84 Å². The van der Waals surface area contributed by atoms with E-state index < -0.39 is 5.60 Å². The van der Waals surface area contributed by atoms with E-state index in [1.807, 2.05) is 25.7 Å². The lowest BCUT2D eigenvalue weighted by molar-refractivity contribution is 0.00365. The molecule has 32 heavy (non-hydrogen) atoms. The number of nitrogens with zero attached hydrogens (tertiary/aromatic N) is 4. The summed E-state index contributed by atoms with van der Waals surface area (Å²) in [6.45, 7) is 14.4. The molecule has 3 heterocycles. The Morgan fingerprint density at radius 1 is 1.19 bits per heavy atom. The lowest BCUT2D eigenvalue weighted by atomic mass is 9.87. The van der Waals surface area contributed by atoms with Gasteiger partial charge in [-0.25, -0.2) is 4.79 Å². The van der Waals surface area contributed by atoms with Crippen LogP contribution in [0.25, 0.3) is 10.9 Å². The molecule has 2 fully saturated rings. The molecule has 0 aliphatic carbocycles. The van der Waals surface area contributed by atoms with Gasteiger partial charge >= 0.3 is 6.09 Å². The fourth-order valence-electron chi connectivity index (χ4n) is 5.17. The minimum atomic E-state index is -0.493. The molecule has 1 aromatic carbocycles. The average Bonchev–Trinajstić information content (AvgIpc) is 3.12. The highest BCUT2D eigenvalue weighted by Gasteiger charge is 2.35. The zero-order chi connectivity index (χ0) is 23.3. The summed E-state index contributed by atoms with van der Waals surface area (Å²) in [7, 11) is 2.21.